The third-order valence-corrected chi connectivity index (χ3v) is 6.05. The first-order valence-electron chi connectivity index (χ1n) is 10.9. The van der Waals surface area contributed by atoms with Crippen molar-refractivity contribution >= 4 is 17.7 Å². The van der Waals surface area contributed by atoms with Crippen molar-refractivity contribution in [1.29, 1.82) is 0 Å². The number of carbonyl (C=O) groups excluding carboxylic acids is 2. The predicted octanol–water partition coefficient (Wildman–Crippen LogP) is 4.02. The number of nitrogens with one attached hydrogen (secondary N) is 1. The molecule has 2 amide bonds. The number of hydrogen-bond acceptors (Lipinski definition) is 6. The van der Waals surface area contributed by atoms with Crippen LogP contribution in [-0.4, -0.2) is 43.3 Å². The Morgan fingerprint density at radius 1 is 1.21 bits per heavy atom. The second kappa shape index (κ2) is 8.41. The first kappa shape index (κ1) is 23.7. The first-order chi connectivity index (χ1) is 16.0. The number of benzene rings is 1. The molecular weight excluding hydrogens is 448 g/mol. The lowest BCUT2D eigenvalue weighted by molar-refractivity contribution is -0.122. The number of rotatable bonds is 5. The number of anilines is 1. The Labute approximate surface area is 196 Å². The summed E-state index contributed by atoms with van der Waals surface area (Å²) >= 11 is 0. The average molecular weight is 475 g/mol. The molecule has 0 saturated heterocycles. The van der Waals surface area contributed by atoms with E-state index in [0.29, 0.717) is 18.4 Å². The Bertz CT molecular complexity index is 1120. The summed E-state index contributed by atoms with van der Waals surface area (Å²) in [4.78, 5) is 31.4. The second-order valence-corrected chi connectivity index (χ2v) is 9.38. The quantitative estimate of drug-likeness (QED) is 0.703. The summed E-state index contributed by atoms with van der Waals surface area (Å²) in [6, 6.07) is 1.88. The fourth-order valence-electron chi connectivity index (χ4n) is 4.38. The zero-order valence-corrected chi connectivity index (χ0v) is 19.7. The highest BCUT2D eigenvalue weighted by Crippen LogP contribution is 2.57. The van der Waals surface area contributed by atoms with Gasteiger partial charge in [-0.05, 0) is 50.8 Å². The molecule has 1 atom stereocenters. The van der Waals surface area contributed by atoms with Gasteiger partial charge in [-0.1, -0.05) is 0 Å². The highest BCUT2D eigenvalue weighted by molar-refractivity contribution is 6.06. The molecule has 2 heterocycles. The van der Waals surface area contributed by atoms with Crippen LogP contribution in [0.4, 0.5) is 19.3 Å². The molecule has 1 aliphatic carbocycles. The maximum absolute atomic E-state index is 15.5. The van der Waals surface area contributed by atoms with E-state index in [1.54, 1.807) is 39.2 Å². The van der Waals surface area contributed by atoms with Gasteiger partial charge in [0.15, 0.2) is 23.1 Å². The Morgan fingerprint density at radius 3 is 2.35 bits per heavy atom. The van der Waals surface area contributed by atoms with Crippen LogP contribution in [-0.2, 0) is 14.9 Å². The van der Waals surface area contributed by atoms with Crippen molar-refractivity contribution in [2.24, 2.45) is 0 Å². The molecule has 8 nitrogen and oxygen atoms in total. The van der Waals surface area contributed by atoms with E-state index in [0.717, 1.165) is 16.5 Å². The standard InChI is InChI=1S/C24H27F2N3O5/c1-23(2,3)34-22(31)28-12-15-13-11-27-9-6-14(13)24(7-8-24)21(30)29(15)20-18(25)16(32-4)10-17(33-5)19(20)26/h6,9-11,15H,7-8,12H2,1-5H3,(H,28,31). The molecule has 1 aromatic heterocycles. The number of pyridine rings is 1. The van der Waals surface area contributed by atoms with E-state index in [1.807, 2.05) is 0 Å². The van der Waals surface area contributed by atoms with Gasteiger partial charge in [0.1, 0.15) is 11.3 Å². The van der Waals surface area contributed by atoms with E-state index in [-0.39, 0.29) is 18.0 Å². The van der Waals surface area contributed by atoms with Gasteiger partial charge < -0.3 is 19.5 Å². The van der Waals surface area contributed by atoms with Crippen molar-refractivity contribution in [1.82, 2.24) is 10.3 Å². The van der Waals surface area contributed by atoms with Crippen molar-refractivity contribution in [2.75, 3.05) is 25.7 Å². The number of alkyl carbamates (subject to hydrolysis) is 1. The number of aromatic nitrogens is 1. The number of nitrogens with zero attached hydrogens (tertiary/aromatic N) is 2. The van der Waals surface area contributed by atoms with E-state index in [1.165, 1.54) is 14.2 Å². The zero-order valence-electron chi connectivity index (χ0n) is 19.7. The Balaban J connectivity index is 1.85. The number of fused-ring (bicyclic) bond motifs is 2. The fraction of sp³-hybridized carbons (Fsp3) is 0.458. The molecule has 1 spiro atoms. The number of amides is 2. The van der Waals surface area contributed by atoms with Gasteiger partial charge in [-0.2, -0.15) is 0 Å². The topological polar surface area (TPSA) is 90.0 Å². The lowest BCUT2D eigenvalue weighted by atomic mass is 9.82. The van der Waals surface area contributed by atoms with Crippen LogP contribution in [0, 0.1) is 11.6 Å². The summed E-state index contributed by atoms with van der Waals surface area (Å²) in [6.45, 7) is 4.99. The molecule has 2 aliphatic rings. The summed E-state index contributed by atoms with van der Waals surface area (Å²) in [5.41, 5.74) is -0.901. The number of carbonyl (C=O) groups is 2. The van der Waals surface area contributed by atoms with Gasteiger partial charge in [0.25, 0.3) is 0 Å². The van der Waals surface area contributed by atoms with E-state index in [4.69, 9.17) is 14.2 Å². The summed E-state index contributed by atoms with van der Waals surface area (Å²) < 4.78 is 46.5. The number of hydrogen-bond donors (Lipinski definition) is 1. The minimum Gasteiger partial charge on any atom is -0.493 e. The van der Waals surface area contributed by atoms with Crippen molar-refractivity contribution in [2.45, 2.75) is 50.7 Å². The van der Waals surface area contributed by atoms with Crippen LogP contribution in [0.25, 0.3) is 0 Å². The van der Waals surface area contributed by atoms with Crippen molar-refractivity contribution < 1.29 is 32.6 Å². The fourth-order valence-corrected chi connectivity index (χ4v) is 4.38. The van der Waals surface area contributed by atoms with E-state index >= 15 is 8.78 Å². The Morgan fingerprint density at radius 2 is 1.82 bits per heavy atom. The lowest BCUT2D eigenvalue weighted by Gasteiger charge is -2.41. The average Bonchev–Trinajstić information content (AvgIpc) is 3.58. The highest BCUT2D eigenvalue weighted by Gasteiger charge is 2.59. The molecule has 1 fully saturated rings. The number of ether oxygens (including phenoxy) is 3. The minimum absolute atomic E-state index is 0.159. The Kier molecular flexibility index (Phi) is 5.87. The molecule has 0 bridgehead atoms. The van der Waals surface area contributed by atoms with Crippen molar-refractivity contribution in [3.05, 3.63) is 47.3 Å². The van der Waals surface area contributed by atoms with E-state index < -0.39 is 46.4 Å². The second-order valence-electron chi connectivity index (χ2n) is 9.38. The van der Waals surface area contributed by atoms with Gasteiger partial charge in [0.05, 0.1) is 25.7 Å². The predicted molar refractivity (Wildman–Crippen MR) is 119 cm³/mol. The monoisotopic (exact) mass is 475 g/mol. The van der Waals surface area contributed by atoms with Crippen LogP contribution in [0.15, 0.2) is 24.5 Å². The summed E-state index contributed by atoms with van der Waals surface area (Å²) in [7, 11) is 2.47. The molecule has 34 heavy (non-hydrogen) atoms. The normalized spacial score (nSPS) is 18.4. The molecule has 1 unspecified atom stereocenters. The zero-order chi connectivity index (χ0) is 24.8. The van der Waals surface area contributed by atoms with Gasteiger partial charge in [0, 0.05) is 25.0 Å². The number of halogens is 2. The smallest absolute Gasteiger partial charge is 0.407 e. The van der Waals surface area contributed by atoms with Crippen LogP contribution in [0.3, 0.4) is 0 Å². The minimum atomic E-state index is -1.04. The van der Waals surface area contributed by atoms with E-state index in [9.17, 15) is 9.59 Å². The Hall–Kier alpha value is -3.43. The van der Waals surface area contributed by atoms with Crippen molar-refractivity contribution in [3.8, 4) is 11.5 Å². The largest absolute Gasteiger partial charge is 0.493 e. The van der Waals surface area contributed by atoms with Crippen LogP contribution >= 0.6 is 0 Å². The molecule has 4 rings (SSSR count). The van der Waals surface area contributed by atoms with Crippen LogP contribution in [0.1, 0.15) is 50.8 Å². The highest BCUT2D eigenvalue weighted by atomic mass is 19.1. The molecule has 1 saturated carbocycles. The number of methoxy groups -OCH3 is 2. The van der Waals surface area contributed by atoms with Gasteiger partial charge in [0.2, 0.25) is 5.91 Å². The van der Waals surface area contributed by atoms with E-state index in [2.05, 4.69) is 10.3 Å². The first-order valence-corrected chi connectivity index (χ1v) is 10.9. The molecule has 1 N–H and O–H groups in total. The van der Waals surface area contributed by atoms with Gasteiger partial charge >= 0.3 is 6.09 Å². The molecular formula is C24H27F2N3O5. The van der Waals surface area contributed by atoms with Crippen LogP contribution in [0.5, 0.6) is 11.5 Å². The molecule has 2 aromatic rings. The third-order valence-electron chi connectivity index (χ3n) is 6.05. The summed E-state index contributed by atoms with van der Waals surface area (Å²) in [5, 5.41) is 2.62. The molecule has 1 aliphatic heterocycles. The lowest BCUT2D eigenvalue weighted by Crippen LogP contribution is -2.51. The SMILES string of the molecule is COc1cc(OC)c(F)c(N2C(=O)C3(CC3)c3ccncc3C2CNC(=O)OC(C)(C)C)c1F. The van der Waals surface area contributed by atoms with Crippen LogP contribution < -0.4 is 19.7 Å². The third kappa shape index (κ3) is 3.91. The maximum atomic E-state index is 15.5. The molecule has 1 aromatic carbocycles. The maximum Gasteiger partial charge on any atom is 0.407 e. The van der Waals surface area contributed by atoms with Gasteiger partial charge in [-0.25, -0.2) is 13.6 Å². The molecule has 182 valence electrons. The molecule has 0 radical (unpaired) electrons. The van der Waals surface area contributed by atoms with Crippen LogP contribution in [0.2, 0.25) is 0 Å². The molecule has 10 heteroatoms. The summed E-state index contributed by atoms with van der Waals surface area (Å²) in [5.74, 6) is -3.10. The van der Waals surface area contributed by atoms with Crippen molar-refractivity contribution in [3.63, 3.8) is 0 Å². The van der Waals surface area contributed by atoms with Gasteiger partial charge in [-0.15, -0.1) is 0 Å². The van der Waals surface area contributed by atoms with Gasteiger partial charge in [-0.3, -0.25) is 14.7 Å². The summed E-state index contributed by atoms with van der Waals surface area (Å²) in [6.07, 6.45) is 3.49.